The van der Waals surface area contributed by atoms with Gasteiger partial charge in [0.25, 0.3) is 5.24 Å². The molecule has 0 aliphatic rings. The molecule has 0 unspecified atom stereocenters. The smallest absolute Gasteiger partial charge is 0.276 e. The third-order valence-electron chi connectivity index (χ3n) is 2.19. The van der Waals surface area contributed by atoms with Gasteiger partial charge in [-0.25, -0.2) is 0 Å². The molecule has 1 rings (SSSR count). The Balaban J connectivity index is 3.79. The Labute approximate surface area is 102 Å². The Bertz CT molecular complexity index is 488. The van der Waals surface area contributed by atoms with Gasteiger partial charge in [-0.05, 0) is 30.2 Å². The van der Waals surface area contributed by atoms with Gasteiger partial charge in [-0.1, -0.05) is 6.07 Å². The van der Waals surface area contributed by atoms with Crippen LogP contribution in [0, 0.1) is 6.92 Å². The van der Waals surface area contributed by atoms with Crippen molar-refractivity contribution in [2.24, 2.45) is 0 Å². The number of carbonyl (C=O) groups is 1. The first-order valence-corrected chi connectivity index (χ1v) is 4.82. The molecule has 0 N–H and O–H groups in total. The highest BCUT2D eigenvalue weighted by atomic mass is 35.5. The summed E-state index contributed by atoms with van der Waals surface area (Å²) < 4.78 is 75.9. The third-order valence-corrected chi connectivity index (χ3v) is 2.40. The minimum atomic E-state index is -5.32. The molecule has 8 heteroatoms. The van der Waals surface area contributed by atoms with Gasteiger partial charge in [-0.3, -0.25) is 4.79 Å². The summed E-state index contributed by atoms with van der Waals surface area (Å²) in [6, 6.07) is 1.40. The Kier molecular flexibility index (Phi) is 3.67. The standard InChI is InChI=1S/C10H5ClF6O/c1-4-2-3-5(8(11)18)7(10(15,16)17)6(4)9(12,13)14/h2-3H,1H3. The molecule has 0 radical (unpaired) electrons. The quantitative estimate of drug-likeness (QED) is 0.553. The van der Waals surface area contributed by atoms with E-state index in [-0.39, 0.29) is 0 Å². The fourth-order valence-electron chi connectivity index (χ4n) is 1.53. The Morgan fingerprint density at radius 2 is 1.44 bits per heavy atom. The fraction of sp³-hybridized carbons (Fsp3) is 0.300. The van der Waals surface area contributed by atoms with E-state index in [4.69, 9.17) is 11.6 Å². The second-order valence-electron chi connectivity index (χ2n) is 3.45. The van der Waals surface area contributed by atoms with Crippen molar-refractivity contribution >= 4 is 16.8 Å². The SMILES string of the molecule is Cc1ccc(C(=O)Cl)c(C(F)(F)F)c1C(F)(F)F. The van der Waals surface area contributed by atoms with Gasteiger partial charge in [0.15, 0.2) is 0 Å². The molecule has 0 heterocycles. The van der Waals surface area contributed by atoms with Crippen LogP contribution in [0.25, 0.3) is 0 Å². The largest absolute Gasteiger partial charge is 0.417 e. The summed E-state index contributed by atoms with van der Waals surface area (Å²) in [7, 11) is 0. The number of aryl methyl sites for hydroxylation is 1. The summed E-state index contributed by atoms with van der Waals surface area (Å²) in [6.45, 7) is 0.876. The maximum Gasteiger partial charge on any atom is 0.417 e. The molecule has 1 aromatic carbocycles. The molecule has 0 atom stereocenters. The van der Waals surface area contributed by atoms with Crippen molar-refractivity contribution in [2.45, 2.75) is 19.3 Å². The van der Waals surface area contributed by atoms with Crippen LogP contribution in [0.1, 0.15) is 27.0 Å². The second-order valence-corrected chi connectivity index (χ2v) is 3.79. The summed E-state index contributed by atoms with van der Waals surface area (Å²) in [4.78, 5) is 10.8. The van der Waals surface area contributed by atoms with Gasteiger partial charge in [-0.15, -0.1) is 0 Å². The first-order chi connectivity index (χ1) is 7.96. The van der Waals surface area contributed by atoms with Crippen LogP contribution in [0.5, 0.6) is 0 Å². The van der Waals surface area contributed by atoms with E-state index in [0.717, 1.165) is 13.0 Å². The molecule has 1 aromatic rings. The molecule has 0 aromatic heterocycles. The van der Waals surface area contributed by atoms with Gasteiger partial charge in [0.05, 0.1) is 11.1 Å². The average molecular weight is 291 g/mol. The first-order valence-electron chi connectivity index (χ1n) is 4.44. The summed E-state index contributed by atoms with van der Waals surface area (Å²) >= 11 is 4.88. The van der Waals surface area contributed by atoms with Crippen LogP contribution in [0.15, 0.2) is 12.1 Å². The molecule has 0 spiro atoms. The molecule has 18 heavy (non-hydrogen) atoms. The fourth-order valence-corrected chi connectivity index (χ4v) is 1.69. The minimum absolute atomic E-state index is 0.628. The van der Waals surface area contributed by atoms with Crippen LogP contribution in [-0.2, 0) is 12.4 Å². The molecule has 0 aliphatic heterocycles. The van der Waals surface area contributed by atoms with E-state index in [1.165, 1.54) is 0 Å². The zero-order valence-electron chi connectivity index (χ0n) is 8.71. The summed E-state index contributed by atoms with van der Waals surface area (Å²) in [5, 5.41) is -1.59. The first kappa shape index (κ1) is 14.8. The van der Waals surface area contributed by atoms with Crippen molar-refractivity contribution in [1.29, 1.82) is 0 Å². The normalized spacial score (nSPS) is 12.7. The number of hydrogen-bond acceptors (Lipinski definition) is 1. The van der Waals surface area contributed by atoms with Gasteiger partial charge in [0.1, 0.15) is 0 Å². The lowest BCUT2D eigenvalue weighted by molar-refractivity contribution is -0.162. The number of rotatable bonds is 1. The maximum atomic E-state index is 12.7. The zero-order chi connectivity index (χ0) is 14.3. The number of hydrogen-bond donors (Lipinski definition) is 0. The zero-order valence-corrected chi connectivity index (χ0v) is 9.46. The third kappa shape index (κ3) is 2.77. The highest BCUT2D eigenvalue weighted by molar-refractivity contribution is 6.68. The molecule has 0 saturated heterocycles. The van der Waals surface area contributed by atoms with Crippen molar-refractivity contribution < 1.29 is 31.1 Å². The molecular formula is C10H5ClF6O. The Hall–Kier alpha value is -1.24. The van der Waals surface area contributed by atoms with Gasteiger partial charge in [0, 0.05) is 5.56 Å². The van der Waals surface area contributed by atoms with Crippen LogP contribution in [-0.4, -0.2) is 5.24 Å². The lowest BCUT2D eigenvalue weighted by Gasteiger charge is -2.19. The van der Waals surface area contributed by atoms with Crippen molar-refractivity contribution in [2.75, 3.05) is 0 Å². The lowest BCUT2D eigenvalue weighted by atomic mass is 9.96. The summed E-state index contributed by atoms with van der Waals surface area (Å²) in [5.74, 6) is 0. The van der Waals surface area contributed by atoms with Gasteiger partial charge in [-0.2, -0.15) is 26.3 Å². The van der Waals surface area contributed by atoms with E-state index < -0.39 is 39.8 Å². The van der Waals surface area contributed by atoms with E-state index in [0.29, 0.717) is 6.07 Å². The van der Waals surface area contributed by atoms with Crippen molar-refractivity contribution in [3.63, 3.8) is 0 Å². The van der Waals surface area contributed by atoms with Crippen LogP contribution >= 0.6 is 11.6 Å². The van der Waals surface area contributed by atoms with Crippen LogP contribution in [0.4, 0.5) is 26.3 Å². The minimum Gasteiger partial charge on any atom is -0.276 e. The van der Waals surface area contributed by atoms with E-state index >= 15 is 0 Å². The predicted molar refractivity (Wildman–Crippen MR) is 51.4 cm³/mol. The van der Waals surface area contributed by atoms with Crippen LogP contribution < -0.4 is 0 Å². The lowest BCUT2D eigenvalue weighted by Crippen LogP contribution is -2.21. The highest BCUT2D eigenvalue weighted by Gasteiger charge is 2.46. The van der Waals surface area contributed by atoms with Crippen LogP contribution in [0.3, 0.4) is 0 Å². The Morgan fingerprint density at radius 3 is 1.78 bits per heavy atom. The van der Waals surface area contributed by atoms with Crippen molar-refractivity contribution in [3.05, 3.63) is 34.4 Å². The molecule has 100 valence electrons. The predicted octanol–water partition coefficient (Wildman–Crippen LogP) is 4.41. The van der Waals surface area contributed by atoms with E-state index in [2.05, 4.69) is 0 Å². The van der Waals surface area contributed by atoms with E-state index in [1.807, 2.05) is 0 Å². The molecule has 0 fully saturated rings. The number of alkyl halides is 6. The number of benzene rings is 1. The number of halogens is 7. The van der Waals surface area contributed by atoms with E-state index in [9.17, 15) is 31.1 Å². The Morgan fingerprint density at radius 1 is 1.00 bits per heavy atom. The molecule has 0 saturated carbocycles. The van der Waals surface area contributed by atoms with E-state index in [1.54, 1.807) is 0 Å². The monoisotopic (exact) mass is 290 g/mol. The molecule has 0 bridgehead atoms. The maximum absolute atomic E-state index is 12.7. The van der Waals surface area contributed by atoms with Gasteiger partial charge in [0.2, 0.25) is 0 Å². The topological polar surface area (TPSA) is 17.1 Å². The second kappa shape index (κ2) is 4.46. The molecular weight excluding hydrogens is 286 g/mol. The average Bonchev–Trinajstić information content (AvgIpc) is 2.13. The highest BCUT2D eigenvalue weighted by Crippen LogP contribution is 2.43. The van der Waals surface area contributed by atoms with Crippen molar-refractivity contribution in [3.8, 4) is 0 Å². The number of carbonyl (C=O) groups excluding carboxylic acids is 1. The molecule has 0 aliphatic carbocycles. The molecule has 1 nitrogen and oxygen atoms in total. The van der Waals surface area contributed by atoms with Gasteiger partial charge < -0.3 is 0 Å². The summed E-state index contributed by atoms with van der Waals surface area (Å²) in [6.07, 6.45) is -10.5. The van der Waals surface area contributed by atoms with Crippen molar-refractivity contribution in [1.82, 2.24) is 0 Å². The molecule has 0 amide bonds. The van der Waals surface area contributed by atoms with Gasteiger partial charge >= 0.3 is 12.4 Å². The summed E-state index contributed by atoms with van der Waals surface area (Å²) in [5.41, 5.74) is -5.77. The van der Waals surface area contributed by atoms with Crippen LogP contribution in [0.2, 0.25) is 0 Å².